The number of nitrogens with one attached hydrogen (secondary N) is 2. The minimum Gasteiger partial charge on any atom is -0.496 e. The molecular formula is C21H30IN3O2. The second-order valence-corrected chi connectivity index (χ2v) is 6.23. The van der Waals surface area contributed by atoms with Crippen LogP contribution in [0.4, 0.5) is 0 Å². The number of aryl methyl sites for hydroxylation is 1. The Kier molecular flexibility index (Phi) is 10.8. The number of aliphatic hydroxyl groups excluding tert-OH is 1. The Morgan fingerprint density at radius 3 is 2.56 bits per heavy atom. The van der Waals surface area contributed by atoms with Crippen LogP contribution in [0.5, 0.6) is 5.75 Å². The first-order valence-corrected chi connectivity index (χ1v) is 9.00. The van der Waals surface area contributed by atoms with Crippen molar-refractivity contribution < 1.29 is 9.84 Å². The van der Waals surface area contributed by atoms with Crippen LogP contribution in [-0.4, -0.2) is 37.4 Å². The van der Waals surface area contributed by atoms with Crippen molar-refractivity contribution in [3.05, 3.63) is 65.2 Å². The first kappa shape index (κ1) is 23.2. The molecule has 0 aliphatic carbocycles. The largest absolute Gasteiger partial charge is 0.496 e. The molecule has 1 unspecified atom stereocenters. The molecule has 27 heavy (non-hydrogen) atoms. The van der Waals surface area contributed by atoms with Gasteiger partial charge in [-0.05, 0) is 31.0 Å². The number of rotatable bonds is 8. The van der Waals surface area contributed by atoms with Crippen molar-refractivity contribution >= 4 is 29.9 Å². The summed E-state index contributed by atoms with van der Waals surface area (Å²) >= 11 is 0. The molecule has 0 aliphatic rings. The molecular weight excluding hydrogens is 453 g/mol. The van der Waals surface area contributed by atoms with Gasteiger partial charge in [0.15, 0.2) is 5.96 Å². The number of methoxy groups -OCH3 is 1. The van der Waals surface area contributed by atoms with Crippen LogP contribution in [0.15, 0.2) is 53.5 Å². The van der Waals surface area contributed by atoms with Crippen molar-refractivity contribution in [2.24, 2.45) is 4.99 Å². The molecule has 0 aromatic heterocycles. The Labute approximate surface area is 179 Å². The SMILES string of the molecule is CCNC(=NCc1ccc(C)cc1OC)NCC(O)Cc1ccccc1.I. The van der Waals surface area contributed by atoms with Crippen LogP contribution in [-0.2, 0) is 13.0 Å². The number of hydrogen-bond acceptors (Lipinski definition) is 3. The van der Waals surface area contributed by atoms with Crippen molar-refractivity contribution in [1.29, 1.82) is 0 Å². The van der Waals surface area contributed by atoms with E-state index in [0.29, 0.717) is 25.5 Å². The number of guanidine groups is 1. The summed E-state index contributed by atoms with van der Waals surface area (Å²) in [6.45, 7) is 5.75. The molecule has 3 N–H and O–H groups in total. The van der Waals surface area contributed by atoms with E-state index < -0.39 is 6.10 Å². The number of ether oxygens (including phenoxy) is 1. The van der Waals surface area contributed by atoms with Gasteiger partial charge >= 0.3 is 0 Å². The topological polar surface area (TPSA) is 65.9 Å². The third-order valence-corrected chi connectivity index (χ3v) is 4.01. The summed E-state index contributed by atoms with van der Waals surface area (Å²) in [5, 5.41) is 16.7. The second-order valence-electron chi connectivity index (χ2n) is 6.23. The number of aliphatic imine (C=N–C) groups is 1. The molecule has 6 heteroatoms. The zero-order chi connectivity index (χ0) is 18.8. The predicted molar refractivity (Wildman–Crippen MR) is 122 cm³/mol. The zero-order valence-electron chi connectivity index (χ0n) is 16.2. The lowest BCUT2D eigenvalue weighted by molar-refractivity contribution is 0.177. The fourth-order valence-corrected chi connectivity index (χ4v) is 2.66. The highest BCUT2D eigenvalue weighted by Gasteiger charge is 2.08. The van der Waals surface area contributed by atoms with Gasteiger partial charge in [0.1, 0.15) is 5.75 Å². The van der Waals surface area contributed by atoms with E-state index in [-0.39, 0.29) is 24.0 Å². The molecule has 0 radical (unpaired) electrons. The van der Waals surface area contributed by atoms with Crippen molar-refractivity contribution in [1.82, 2.24) is 10.6 Å². The Bertz CT molecular complexity index is 708. The molecule has 0 amide bonds. The molecule has 148 valence electrons. The normalized spacial score (nSPS) is 12.1. The van der Waals surface area contributed by atoms with E-state index >= 15 is 0 Å². The van der Waals surface area contributed by atoms with Crippen LogP contribution in [0, 0.1) is 6.92 Å². The molecule has 1 atom stereocenters. The van der Waals surface area contributed by atoms with E-state index in [9.17, 15) is 5.11 Å². The molecule has 0 spiro atoms. The van der Waals surface area contributed by atoms with Crippen molar-refractivity contribution in [3.8, 4) is 5.75 Å². The quantitative estimate of drug-likeness (QED) is 0.307. The number of aliphatic hydroxyl groups is 1. The van der Waals surface area contributed by atoms with E-state index in [0.717, 1.165) is 29.0 Å². The van der Waals surface area contributed by atoms with Gasteiger partial charge in [-0.3, -0.25) is 0 Å². The van der Waals surface area contributed by atoms with Crippen molar-refractivity contribution in [3.63, 3.8) is 0 Å². The summed E-state index contributed by atoms with van der Waals surface area (Å²) in [6.07, 6.45) is 0.133. The van der Waals surface area contributed by atoms with Crippen LogP contribution < -0.4 is 15.4 Å². The minimum absolute atomic E-state index is 0. The maximum absolute atomic E-state index is 10.3. The Morgan fingerprint density at radius 2 is 1.89 bits per heavy atom. The maximum Gasteiger partial charge on any atom is 0.191 e. The molecule has 0 bridgehead atoms. The number of halogens is 1. The summed E-state index contributed by atoms with van der Waals surface area (Å²) in [7, 11) is 1.67. The lowest BCUT2D eigenvalue weighted by Crippen LogP contribution is -2.41. The average molecular weight is 483 g/mol. The number of nitrogens with zero attached hydrogens (tertiary/aromatic N) is 1. The molecule has 2 aromatic rings. The lowest BCUT2D eigenvalue weighted by Gasteiger charge is -2.16. The van der Waals surface area contributed by atoms with Gasteiger partial charge in [0, 0.05) is 25.1 Å². The molecule has 0 aliphatic heterocycles. The van der Waals surface area contributed by atoms with Crippen LogP contribution in [0.2, 0.25) is 0 Å². The second kappa shape index (κ2) is 12.6. The molecule has 0 heterocycles. The lowest BCUT2D eigenvalue weighted by atomic mass is 10.1. The van der Waals surface area contributed by atoms with Gasteiger partial charge in [-0.2, -0.15) is 0 Å². The number of hydrogen-bond donors (Lipinski definition) is 3. The van der Waals surface area contributed by atoms with Crippen LogP contribution in [0.1, 0.15) is 23.6 Å². The summed E-state index contributed by atoms with van der Waals surface area (Å²) < 4.78 is 5.43. The molecule has 5 nitrogen and oxygen atoms in total. The van der Waals surface area contributed by atoms with Crippen LogP contribution >= 0.6 is 24.0 Å². The molecule has 0 fully saturated rings. The fraction of sp³-hybridized carbons (Fsp3) is 0.381. The van der Waals surface area contributed by atoms with Gasteiger partial charge in [0.2, 0.25) is 0 Å². The van der Waals surface area contributed by atoms with Gasteiger partial charge in [0.05, 0.1) is 19.8 Å². The summed E-state index contributed by atoms with van der Waals surface area (Å²) in [4.78, 5) is 4.60. The van der Waals surface area contributed by atoms with Gasteiger partial charge in [0.25, 0.3) is 0 Å². The Morgan fingerprint density at radius 1 is 1.15 bits per heavy atom. The monoisotopic (exact) mass is 483 g/mol. The van der Waals surface area contributed by atoms with Crippen LogP contribution in [0.25, 0.3) is 0 Å². The first-order valence-electron chi connectivity index (χ1n) is 9.00. The first-order chi connectivity index (χ1) is 12.6. The average Bonchev–Trinajstić information content (AvgIpc) is 2.65. The molecule has 2 rings (SSSR count). The third kappa shape index (κ3) is 8.17. The Balaban J connectivity index is 0.00000364. The van der Waals surface area contributed by atoms with E-state index in [2.05, 4.69) is 21.7 Å². The van der Waals surface area contributed by atoms with Crippen molar-refractivity contribution in [2.45, 2.75) is 32.9 Å². The fourth-order valence-electron chi connectivity index (χ4n) is 2.66. The third-order valence-electron chi connectivity index (χ3n) is 4.01. The molecule has 2 aromatic carbocycles. The summed E-state index contributed by atoms with van der Waals surface area (Å²) in [5.41, 5.74) is 3.30. The van der Waals surface area contributed by atoms with Gasteiger partial charge in [-0.25, -0.2) is 4.99 Å². The van der Waals surface area contributed by atoms with Crippen LogP contribution in [0.3, 0.4) is 0 Å². The highest BCUT2D eigenvalue weighted by molar-refractivity contribution is 14.0. The Hall–Kier alpha value is -1.80. The summed E-state index contributed by atoms with van der Waals surface area (Å²) in [5.74, 6) is 1.52. The van der Waals surface area contributed by atoms with E-state index in [1.54, 1.807) is 7.11 Å². The molecule has 0 saturated heterocycles. The predicted octanol–water partition coefficient (Wildman–Crippen LogP) is 3.28. The van der Waals surface area contributed by atoms with E-state index in [4.69, 9.17) is 4.74 Å². The minimum atomic E-state index is -0.477. The van der Waals surface area contributed by atoms with Gasteiger partial charge in [-0.1, -0.05) is 42.5 Å². The smallest absolute Gasteiger partial charge is 0.191 e. The highest BCUT2D eigenvalue weighted by Crippen LogP contribution is 2.20. The van der Waals surface area contributed by atoms with Gasteiger partial charge < -0.3 is 20.5 Å². The van der Waals surface area contributed by atoms with Gasteiger partial charge in [-0.15, -0.1) is 24.0 Å². The maximum atomic E-state index is 10.3. The summed E-state index contributed by atoms with van der Waals surface area (Å²) in [6, 6.07) is 16.1. The highest BCUT2D eigenvalue weighted by atomic mass is 127. The standard InChI is InChI=1S/C21H29N3O2.HI/c1-4-22-21(23-14-18-11-10-16(2)12-20(18)26-3)24-15-19(25)13-17-8-6-5-7-9-17;/h5-12,19,25H,4,13-15H2,1-3H3,(H2,22,23,24);1H. The number of benzene rings is 2. The van der Waals surface area contributed by atoms with E-state index in [1.807, 2.05) is 56.3 Å². The molecule has 0 saturated carbocycles. The zero-order valence-corrected chi connectivity index (χ0v) is 18.6. The van der Waals surface area contributed by atoms with E-state index in [1.165, 1.54) is 0 Å². The van der Waals surface area contributed by atoms with Crippen molar-refractivity contribution in [2.75, 3.05) is 20.2 Å².